The topological polar surface area (TPSA) is 107 Å². The molecule has 0 atom stereocenters. The van der Waals surface area contributed by atoms with Crippen LogP contribution in [0.15, 0.2) is 24.3 Å². The van der Waals surface area contributed by atoms with E-state index in [4.69, 9.17) is 13.3 Å². The van der Waals surface area contributed by atoms with Crippen LogP contribution in [0.5, 0.6) is 0 Å². The number of carbonyl (C=O) groups excluding carboxylic acids is 1. The Morgan fingerprint density at radius 1 is 1.27 bits per heavy atom. The predicted molar refractivity (Wildman–Crippen MR) is 52.7 cm³/mol. The van der Waals surface area contributed by atoms with Crippen LogP contribution >= 0.6 is 0 Å². The summed E-state index contributed by atoms with van der Waals surface area (Å²) >= 11 is -4.84. The zero-order valence-electron chi connectivity index (χ0n) is 7.62. The van der Waals surface area contributed by atoms with Crippen LogP contribution in [-0.2, 0) is 8.53 Å². The van der Waals surface area contributed by atoms with Crippen molar-refractivity contribution in [2.24, 2.45) is 0 Å². The Labute approximate surface area is 88.6 Å². The summed E-state index contributed by atoms with van der Waals surface area (Å²) in [4.78, 5) is 10.8. The molecule has 0 radical (unpaired) electrons. The Hall–Kier alpha value is -1.07. The summed E-state index contributed by atoms with van der Waals surface area (Å²) < 4.78 is 28.5. The summed E-state index contributed by atoms with van der Waals surface area (Å²) in [6, 6.07) is 5.21. The van der Waals surface area contributed by atoms with E-state index < -0.39 is 26.7 Å². The Morgan fingerprint density at radius 2 is 1.80 bits per heavy atom. The average molecular weight is 275 g/mol. The first-order valence-corrected chi connectivity index (χ1v) is 7.38. The molecule has 0 aliphatic rings. The number of aliphatic hydroxyl groups excluding tert-OH is 1. The fourth-order valence-corrected chi connectivity index (χ4v) is 2.07. The summed E-state index contributed by atoms with van der Waals surface area (Å²) in [7, 11) is 0. The molecule has 0 saturated carbocycles. The molecule has 0 aliphatic heterocycles. The standard InChI is InChI=1S/C8H10AsNO5/c11-5-8(12)10-7-3-1-6(2-4-7)9(13,14)15/h1-4,11H,5H2,(H,10,12)(H2,13,14,15). The Kier molecular flexibility index (Phi) is 3.71. The molecule has 0 heterocycles. The number of hydrogen-bond acceptors (Lipinski definition) is 3. The normalized spacial score (nSPS) is 11.1. The molecule has 7 heteroatoms. The van der Waals surface area contributed by atoms with E-state index in [0.717, 1.165) is 0 Å². The molecule has 15 heavy (non-hydrogen) atoms. The van der Waals surface area contributed by atoms with E-state index in [1.54, 1.807) is 0 Å². The summed E-state index contributed by atoms with van der Waals surface area (Å²) in [6.07, 6.45) is 0. The van der Waals surface area contributed by atoms with E-state index >= 15 is 0 Å². The van der Waals surface area contributed by atoms with Crippen LogP contribution in [0.2, 0.25) is 0 Å². The van der Waals surface area contributed by atoms with Gasteiger partial charge in [0.2, 0.25) is 0 Å². The molecule has 0 bridgehead atoms. The van der Waals surface area contributed by atoms with Gasteiger partial charge in [0, 0.05) is 0 Å². The van der Waals surface area contributed by atoms with E-state index in [2.05, 4.69) is 5.32 Å². The summed E-state index contributed by atoms with van der Waals surface area (Å²) in [5.41, 5.74) is 0.377. The van der Waals surface area contributed by atoms with Gasteiger partial charge in [0.25, 0.3) is 0 Å². The average Bonchev–Trinajstić information content (AvgIpc) is 2.17. The van der Waals surface area contributed by atoms with Crippen LogP contribution in [0, 0.1) is 0 Å². The summed E-state index contributed by atoms with van der Waals surface area (Å²) in [5.74, 6) is -0.579. The van der Waals surface area contributed by atoms with Crippen LogP contribution in [-0.4, -0.2) is 40.0 Å². The molecule has 0 spiro atoms. The van der Waals surface area contributed by atoms with E-state index in [1.165, 1.54) is 24.3 Å². The van der Waals surface area contributed by atoms with E-state index in [0.29, 0.717) is 5.69 Å². The van der Waals surface area contributed by atoms with Crippen LogP contribution < -0.4 is 9.67 Å². The molecule has 6 nitrogen and oxygen atoms in total. The number of nitrogens with one attached hydrogen (secondary N) is 1. The van der Waals surface area contributed by atoms with E-state index in [-0.39, 0.29) is 4.35 Å². The second-order valence-corrected chi connectivity index (χ2v) is 6.16. The van der Waals surface area contributed by atoms with Gasteiger partial charge in [0.1, 0.15) is 0 Å². The molecule has 4 N–H and O–H groups in total. The fraction of sp³-hybridized carbons (Fsp3) is 0.125. The molecule has 0 aliphatic carbocycles. The van der Waals surface area contributed by atoms with Crippen LogP contribution in [0.3, 0.4) is 0 Å². The minimum atomic E-state index is -4.84. The van der Waals surface area contributed by atoms with Crippen LogP contribution in [0.1, 0.15) is 0 Å². The monoisotopic (exact) mass is 275 g/mol. The number of benzene rings is 1. The number of carbonyl (C=O) groups is 1. The molecule has 1 rings (SSSR count). The number of rotatable bonds is 3. The van der Waals surface area contributed by atoms with Crippen molar-refractivity contribution < 1.29 is 21.8 Å². The maximum absolute atomic E-state index is 10.9. The first-order chi connectivity index (χ1) is 6.93. The second-order valence-electron chi connectivity index (χ2n) is 2.80. The quantitative estimate of drug-likeness (QED) is 0.486. The van der Waals surface area contributed by atoms with Gasteiger partial charge in [0.15, 0.2) is 0 Å². The molecular formula is C8H10AsNO5. The van der Waals surface area contributed by atoms with Crippen LogP contribution in [0.4, 0.5) is 5.69 Å². The molecule has 0 unspecified atom stereocenters. The number of amides is 1. The maximum atomic E-state index is 10.9. The van der Waals surface area contributed by atoms with Crippen LogP contribution in [0.25, 0.3) is 0 Å². The van der Waals surface area contributed by atoms with Gasteiger partial charge in [-0.05, 0) is 0 Å². The molecule has 1 aromatic carbocycles. The van der Waals surface area contributed by atoms with Gasteiger partial charge in [-0.25, -0.2) is 0 Å². The van der Waals surface area contributed by atoms with Gasteiger partial charge in [-0.3, -0.25) is 0 Å². The third kappa shape index (κ3) is 3.53. The van der Waals surface area contributed by atoms with Crippen molar-refractivity contribution in [1.82, 2.24) is 0 Å². The summed E-state index contributed by atoms with van der Waals surface area (Å²) in [6.45, 7) is -0.635. The predicted octanol–water partition coefficient (Wildman–Crippen LogP) is -1.82. The van der Waals surface area contributed by atoms with Crippen molar-refractivity contribution in [1.29, 1.82) is 0 Å². The molecule has 0 aromatic heterocycles. The van der Waals surface area contributed by atoms with Gasteiger partial charge in [0.05, 0.1) is 0 Å². The Bertz CT molecular complexity index is 396. The molecule has 1 aromatic rings. The van der Waals surface area contributed by atoms with Crippen molar-refractivity contribution >= 4 is 30.1 Å². The van der Waals surface area contributed by atoms with Gasteiger partial charge < -0.3 is 0 Å². The zero-order chi connectivity index (χ0) is 11.5. The molecule has 82 valence electrons. The fourth-order valence-electron chi connectivity index (χ4n) is 0.939. The van der Waals surface area contributed by atoms with Crippen molar-refractivity contribution in [2.45, 2.75) is 0 Å². The van der Waals surface area contributed by atoms with E-state index in [9.17, 15) is 8.53 Å². The zero-order valence-corrected chi connectivity index (χ0v) is 9.50. The molecule has 1 amide bonds. The minimum absolute atomic E-state index is 0.0601. The third-order valence-corrected chi connectivity index (χ3v) is 3.67. The Morgan fingerprint density at radius 3 is 2.20 bits per heavy atom. The third-order valence-electron chi connectivity index (χ3n) is 1.63. The van der Waals surface area contributed by atoms with Gasteiger partial charge >= 0.3 is 88.1 Å². The SMILES string of the molecule is O=C(CO)Nc1ccc([As](=O)(O)O)cc1. The van der Waals surface area contributed by atoms with Gasteiger partial charge in [-0.15, -0.1) is 0 Å². The van der Waals surface area contributed by atoms with E-state index in [1.807, 2.05) is 0 Å². The number of anilines is 1. The number of hydrogen-bond donors (Lipinski definition) is 4. The van der Waals surface area contributed by atoms with Crippen molar-refractivity contribution in [3.63, 3.8) is 0 Å². The van der Waals surface area contributed by atoms with Gasteiger partial charge in [-0.1, -0.05) is 0 Å². The Balaban J connectivity index is 2.82. The van der Waals surface area contributed by atoms with Crippen molar-refractivity contribution in [3.05, 3.63) is 24.3 Å². The molecule has 0 saturated heterocycles. The molecule has 0 fully saturated rings. The van der Waals surface area contributed by atoms with Crippen molar-refractivity contribution in [3.8, 4) is 0 Å². The first-order valence-electron chi connectivity index (χ1n) is 4.00. The van der Waals surface area contributed by atoms with Gasteiger partial charge in [-0.2, -0.15) is 0 Å². The molecular weight excluding hydrogens is 265 g/mol. The second kappa shape index (κ2) is 4.63. The summed E-state index contributed by atoms with van der Waals surface area (Å²) in [5, 5.41) is 10.8. The van der Waals surface area contributed by atoms with Crippen molar-refractivity contribution in [2.75, 3.05) is 11.9 Å². The first kappa shape index (κ1) is 12.0. The number of aliphatic hydroxyl groups is 1.